The second kappa shape index (κ2) is 9.52. The molecule has 1 saturated carbocycles. The van der Waals surface area contributed by atoms with Gasteiger partial charge in [-0.2, -0.15) is 0 Å². The molecule has 0 atom stereocenters. The molecule has 1 heteroatoms. The number of benzene rings is 1. The van der Waals surface area contributed by atoms with Gasteiger partial charge in [-0.25, -0.2) is 0 Å². The zero-order chi connectivity index (χ0) is 18.2. The lowest BCUT2D eigenvalue weighted by Crippen LogP contribution is -2.22. The van der Waals surface area contributed by atoms with Gasteiger partial charge in [-0.3, -0.25) is 0 Å². The van der Waals surface area contributed by atoms with E-state index in [1.54, 1.807) is 18.2 Å². The molecule has 0 radical (unpaired) electrons. The molecule has 1 nitrogen and oxygen atoms in total. The average molecular weight is 327 g/mol. The Kier molecular flexibility index (Phi) is 8.04. The van der Waals surface area contributed by atoms with Crippen LogP contribution in [-0.4, -0.2) is 5.11 Å². The van der Waals surface area contributed by atoms with Crippen LogP contribution >= 0.6 is 0 Å². The van der Waals surface area contributed by atoms with Gasteiger partial charge in [0.2, 0.25) is 0 Å². The van der Waals surface area contributed by atoms with E-state index >= 15 is 0 Å². The first-order valence-electron chi connectivity index (χ1n) is 9.03. The topological polar surface area (TPSA) is 20.2 Å². The number of rotatable bonds is 3. The van der Waals surface area contributed by atoms with Crippen molar-refractivity contribution in [1.82, 2.24) is 0 Å². The molecule has 0 saturated heterocycles. The van der Waals surface area contributed by atoms with Gasteiger partial charge >= 0.3 is 0 Å². The lowest BCUT2D eigenvalue weighted by Gasteiger charge is -2.33. The first kappa shape index (κ1) is 20.3. The Morgan fingerprint density at radius 1 is 1.17 bits per heavy atom. The molecular weight excluding hydrogens is 292 g/mol. The van der Waals surface area contributed by atoms with Gasteiger partial charge in [-0.1, -0.05) is 77.5 Å². The first-order chi connectivity index (χ1) is 11.2. The molecule has 0 aromatic heterocycles. The van der Waals surface area contributed by atoms with Crippen molar-refractivity contribution in [2.24, 2.45) is 11.3 Å². The number of phenols is 1. The van der Waals surface area contributed by atoms with Crippen molar-refractivity contribution in [3.63, 3.8) is 0 Å². The minimum Gasteiger partial charge on any atom is -0.508 e. The van der Waals surface area contributed by atoms with Crippen LogP contribution in [0.15, 0.2) is 49.1 Å². The Balaban J connectivity index is 0.000000254. The Bertz CT molecular complexity index is 566. The minimum atomic E-state index is 0.277. The predicted octanol–water partition coefficient (Wildman–Crippen LogP) is 7.07. The van der Waals surface area contributed by atoms with E-state index in [1.165, 1.54) is 32.1 Å². The Hall–Kier alpha value is -1.76. The van der Waals surface area contributed by atoms with Gasteiger partial charge in [-0.15, -0.1) is 0 Å². The molecule has 1 aliphatic carbocycles. The third-order valence-electron chi connectivity index (χ3n) is 4.83. The molecule has 1 aromatic carbocycles. The summed E-state index contributed by atoms with van der Waals surface area (Å²) in [5.74, 6) is 1.28. The number of phenolic OH excluding ortho intramolecular Hbond substituents is 1. The minimum absolute atomic E-state index is 0.277. The lowest BCUT2D eigenvalue weighted by atomic mass is 9.72. The first-order valence-corrected chi connectivity index (χ1v) is 9.03. The van der Waals surface area contributed by atoms with Crippen molar-refractivity contribution in [3.05, 3.63) is 60.2 Å². The summed E-state index contributed by atoms with van der Waals surface area (Å²) in [5.41, 5.74) is 3.54. The smallest absolute Gasteiger partial charge is 0.116 e. The van der Waals surface area contributed by atoms with Crippen LogP contribution in [0, 0.1) is 18.3 Å². The molecule has 0 heterocycles. The second-order valence-corrected chi connectivity index (χ2v) is 7.85. The SMILES string of the molecule is C=CC(=C)/C=C\c1cc(O)ccc1C.CC(C)(C)C1CCCCC1. The highest BCUT2D eigenvalue weighted by atomic mass is 16.3. The van der Waals surface area contributed by atoms with Gasteiger partial charge in [0, 0.05) is 0 Å². The van der Waals surface area contributed by atoms with Crippen LogP contribution in [-0.2, 0) is 0 Å². The maximum Gasteiger partial charge on any atom is 0.116 e. The average Bonchev–Trinajstić information content (AvgIpc) is 2.56. The number of allylic oxidation sites excluding steroid dienone is 3. The predicted molar refractivity (Wildman–Crippen MR) is 107 cm³/mol. The summed E-state index contributed by atoms with van der Waals surface area (Å²) in [6.45, 7) is 16.5. The van der Waals surface area contributed by atoms with Crippen LogP contribution in [0.5, 0.6) is 5.75 Å². The molecule has 0 spiro atoms. The van der Waals surface area contributed by atoms with Crippen LogP contribution in [0.2, 0.25) is 0 Å². The zero-order valence-corrected chi connectivity index (χ0v) is 15.9. The molecular formula is C23H34O. The highest BCUT2D eigenvalue weighted by Gasteiger charge is 2.25. The zero-order valence-electron chi connectivity index (χ0n) is 15.9. The number of aryl methyl sites for hydroxylation is 1. The fourth-order valence-corrected chi connectivity index (χ4v) is 3.04. The summed E-state index contributed by atoms with van der Waals surface area (Å²) in [7, 11) is 0. The van der Waals surface area contributed by atoms with E-state index in [0.29, 0.717) is 5.41 Å². The largest absolute Gasteiger partial charge is 0.508 e. The summed E-state index contributed by atoms with van der Waals surface area (Å²) in [6, 6.07) is 5.28. The van der Waals surface area contributed by atoms with Gasteiger partial charge in [0.05, 0.1) is 0 Å². The van der Waals surface area contributed by atoms with E-state index in [2.05, 4.69) is 33.9 Å². The molecule has 1 aliphatic rings. The highest BCUT2D eigenvalue weighted by Crippen LogP contribution is 2.37. The van der Waals surface area contributed by atoms with E-state index in [4.69, 9.17) is 0 Å². The van der Waals surface area contributed by atoms with E-state index in [0.717, 1.165) is 22.6 Å². The molecule has 132 valence electrons. The van der Waals surface area contributed by atoms with Crippen molar-refractivity contribution >= 4 is 6.08 Å². The van der Waals surface area contributed by atoms with Crippen molar-refractivity contribution < 1.29 is 5.11 Å². The fraction of sp³-hybridized carbons (Fsp3) is 0.478. The maximum absolute atomic E-state index is 9.28. The normalized spacial score (nSPS) is 15.7. The van der Waals surface area contributed by atoms with Crippen molar-refractivity contribution in [1.29, 1.82) is 0 Å². The van der Waals surface area contributed by atoms with Crippen LogP contribution in [0.4, 0.5) is 0 Å². The summed E-state index contributed by atoms with van der Waals surface area (Å²) in [4.78, 5) is 0. The van der Waals surface area contributed by atoms with Crippen molar-refractivity contribution in [2.45, 2.75) is 59.8 Å². The van der Waals surface area contributed by atoms with Crippen LogP contribution in [0.1, 0.15) is 64.0 Å². The molecule has 1 fully saturated rings. The van der Waals surface area contributed by atoms with Crippen LogP contribution in [0.3, 0.4) is 0 Å². The Labute approximate surface area is 148 Å². The van der Waals surface area contributed by atoms with Gasteiger partial charge in [-0.05, 0) is 59.9 Å². The van der Waals surface area contributed by atoms with Crippen LogP contribution in [0.25, 0.3) is 6.08 Å². The maximum atomic E-state index is 9.28. The molecule has 0 unspecified atom stereocenters. The van der Waals surface area contributed by atoms with Gasteiger partial charge in [0.1, 0.15) is 5.75 Å². The van der Waals surface area contributed by atoms with E-state index in [-0.39, 0.29) is 5.75 Å². The fourth-order valence-electron chi connectivity index (χ4n) is 3.04. The van der Waals surface area contributed by atoms with Crippen molar-refractivity contribution in [2.75, 3.05) is 0 Å². The highest BCUT2D eigenvalue weighted by molar-refractivity contribution is 5.58. The monoisotopic (exact) mass is 326 g/mol. The van der Waals surface area contributed by atoms with Crippen molar-refractivity contribution in [3.8, 4) is 5.75 Å². The summed E-state index contributed by atoms with van der Waals surface area (Å²) >= 11 is 0. The Morgan fingerprint density at radius 3 is 2.29 bits per heavy atom. The quantitative estimate of drug-likeness (QED) is 0.589. The molecule has 24 heavy (non-hydrogen) atoms. The third kappa shape index (κ3) is 7.21. The molecule has 0 bridgehead atoms. The third-order valence-corrected chi connectivity index (χ3v) is 4.83. The number of aromatic hydroxyl groups is 1. The number of hydrogen-bond donors (Lipinski definition) is 1. The summed E-state index contributed by atoms with van der Waals surface area (Å²) < 4.78 is 0. The van der Waals surface area contributed by atoms with E-state index in [1.807, 2.05) is 25.1 Å². The molecule has 0 amide bonds. The molecule has 0 aliphatic heterocycles. The molecule has 1 N–H and O–H groups in total. The van der Waals surface area contributed by atoms with Gasteiger partial charge in [0.25, 0.3) is 0 Å². The number of hydrogen-bond acceptors (Lipinski definition) is 1. The van der Waals surface area contributed by atoms with E-state index < -0.39 is 0 Å². The molecule has 1 aromatic rings. The van der Waals surface area contributed by atoms with Gasteiger partial charge < -0.3 is 5.11 Å². The van der Waals surface area contributed by atoms with E-state index in [9.17, 15) is 5.11 Å². The standard InChI is InChI=1S/C13H14O.C10H20/c1-4-10(2)5-7-12-9-13(14)8-6-11(12)3;1-10(2,3)9-7-5-4-6-8-9/h4-9,14H,1-2H2,3H3;9H,4-8H2,1-3H3/b7-5-;. The summed E-state index contributed by atoms with van der Waals surface area (Å²) in [5, 5.41) is 9.28. The summed E-state index contributed by atoms with van der Waals surface area (Å²) in [6.07, 6.45) is 12.9. The van der Waals surface area contributed by atoms with Crippen LogP contribution < -0.4 is 0 Å². The van der Waals surface area contributed by atoms with Gasteiger partial charge in [0.15, 0.2) is 0 Å². The second-order valence-electron chi connectivity index (χ2n) is 7.85. The lowest BCUT2D eigenvalue weighted by molar-refractivity contribution is 0.180. The molecule has 2 rings (SSSR count). The Morgan fingerprint density at radius 2 is 1.79 bits per heavy atom.